The minimum absolute atomic E-state index is 0.0472. The SMILES string of the molecule is Cc1cc([N+](=O)[O-])cnc1NC1CCCCC1(C)C. The number of anilines is 1. The zero-order valence-corrected chi connectivity index (χ0v) is 11.8. The van der Waals surface area contributed by atoms with Crippen molar-refractivity contribution < 1.29 is 4.92 Å². The van der Waals surface area contributed by atoms with Crippen molar-refractivity contribution in [2.45, 2.75) is 52.5 Å². The van der Waals surface area contributed by atoms with E-state index in [1.807, 2.05) is 6.92 Å². The van der Waals surface area contributed by atoms with E-state index in [9.17, 15) is 10.1 Å². The number of aromatic nitrogens is 1. The Bertz CT molecular complexity index is 486. The molecule has 1 N–H and O–H groups in total. The van der Waals surface area contributed by atoms with Crippen LogP contribution in [0.2, 0.25) is 0 Å². The van der Waals surface area contributed by atoms with Crippen LogP contribution in [0.1, 0.15) is 45.1 Å². The van der Waals surface area contributed by atoms with Gasteiger partial charge in [0.05, 0.1) is 4.92 Å². The van der Waals surface area contributed by atoms with Crippen LogP contribution in [-0.2, 0) is 0 Å². The monoisotopic (exact) mass is 263 g/mol. The van der Waals surface area contributed by atoms with Gasteiger partial charge >= 0.3 is 0 Å². The van der Waals surface area contributed by atoms with Crippen molar-refractivity contribution in [3.05, 3.63) is 27.9 Å². The molecule has 1 saturated carbocycles. The molecule has 0 aliphatic heterocycles. The molecule has 0 amide bonds. The van der Waals surface area contributed by atoms with Gasteiger partial charge in [-0.15, -0.1) is 0 Å². The molecule has 0 spiro atoms. The number of nitro groups is 1. The highest BCUT2D eigenvalue weighted by molar-refractivity contribution is 5.49. The van der Waals surface area contributed by atoms with E-state index in [0.29, 0.717) is 6.04 Å². The standard InChI is InChI=1S/C14H21N3O2/c1-10-8-11(17(18)19)9-15-13(10)16-12-6-4-5-7-14(12,2)3/h8-9,12H,4-7H2,1-3H3,(H,15,16). The Morgan fingerprint density at radius 1 is 1.47 bits per heavy atom. The molecular weight excluding hydrogens is 242 g/mol. The summed E-state index contributed by atoms with van der Waals surface area (Å²) in [7, 11) is 0. The van der Waals surface area contributed by atoms with E-state index >= 15 is 0 Å². The minimum Gasteiger partial charge on any atom is -0.367 e. The zero-order chi connectivity index (χ0) is 14.0. The maximum atomic E-state index is 10.7. The number of nitrogens with one attached hydrogen (secondary N) is 1. The van der Waals surface area contributed by atoms with Gasteiger partial charge in [-0.25, -0.2) is 4.98 Å². The molecular formula is C14H21N3O2. The molecule has 5 heteroatoms. The van der Waals surface area contributed by atoms with Gasteiger partial charge in [0, 0.05) is 12.1 Å². The molecule has 0 radical (unpaired) electrons. The van der Waals surface area contributed by atoms with Crippen LogP contribution >= 0.6 is 0 Å². The Hall–Kier alpha value is -1.65. The first-order valence-corrected chi connectivity index (χ1v) is 6.78. The summed E-state index contributed by atoms with van der Waals surface area (Å²) in [6.45, 7) is 6.40. The van der Waals surface area contributed by atoms with Gasteiger partial charge in [-0.3, -0.25) is 10.1 Å². The second-order valence-corrected chi connectivity index (χ2v) is 6.05. The molecule has 0 bridgehead atoms. The maximum Gasteiger partial charge on any atom is 0.287 e. The highest BCUT2D eigenvalue weighted by Gasteiger charge is 2.32. The van der Waals surface area contributed by atoms with E-state index in [1.165, 1.54) is 25.5 Å². The smallest absolute Gasteiger partial charge is 0.287 e. The molecule has 1 fully saturated rings. The third-order valence-corrected chi connectivity index (χ3v) is 4.09. The Morgan fingerprint density at radius 2 is 2.21 bits per heavy atom. The summed E-state index contributed by atoms with van der Waals surface area (Å²) in [6, 6.07) is 1.96. The lowest BCUT2D eigenvalue weighted by atomic mass is 9.73. The quantitative estimate of drug-likeness (QED) is 0.667. The van der Waals surface area contributed by atoms with E-state index in [2.05, 4.69) is 24.1 Å². The van der Waals surface area contributed by atoms with Crippen molar-refractivity contribution in [3.8, 4) is 0 Å². The lowest BCUT2D eigenvalue weighted by Gasteiger charge is -2.39. The topological polar surface area (TPSA) is 68.1 Å². The fourth-order valence-electron chi connectivity index (χ4n) is 2.74. The van der Waals surface area contributed by atoms with E-state index in [1.54, 1.807) is 6.07 Å². The van der Waals surface area contributed by atoms with E-state index in [0.717, 1.165) is 17.8 Å². The summed E-state index contributed by atoms with van der Waals surface area (Å²) in [4.78, 5) is 14.5. The van der Waals surface area contributed by atoms with Crippen LogP contribution in [0.4, 0.5) is 11.5 Å². The third-order valence-electron chi connectivity index (χ3n) is 4.09. The molecule has 2 rings (SSSR count). The molecule has 104 valence electrons. The molecule has 1 aliphatic carbocycles. The van der Waals surface area contributed by atoms with Crippen LogP contribution in [-0.4, -0.2) is 15.9 Å². The van der Waals surface area contributed by atoms with Gasteiger partial charge < -0.3 is 5.32 Å². The zero-order valence-electron chi connectivity index (χ0n) is 11.8. The molecule has 1 aliphatic rings. The first kappa shape index (κ1) is 13.8. The van der Waals surface area contributed by atoms with Crippen LogP contribution in [0, 0.1) is 22.5 Å². The van der Waals surface area contributed by atoms with Gasteiger partial charge in [-0.1, -0.05) is 26.7 Å². The average molecular weight is 263 g/mol. The van der Waals surface area contributed by atoms with Gasteiger partial charge in [-0.2, -0.15) is 0 Å². The van der Waals surface area contributed by atoms with Gasteiger partial charge in [-0.05, 0) is 30.7 Å². The van der Waals surface area contributed by atoms with Crippen molar-refractivity contribution in [1.82, 2.24) is 4.98 Å². The first-order valence-electron chi connectivity index (χ1n) is 6.78. The van der Waals surface area contributed by atoms with Crippen molar-refractivity contribution in [1.29, 1.82) is 0 Å². The van der Waals surface area contributed by atoms with Gasteiger partial charge in [0.15, 0.2) is 0 Å². The van der Waals surface area contributed by atoms with Gasteiger partial charge in [0.2, 0.25) is 0 Å². The molecule has 1 aromatic heterocycles. The fourth-order valence-corrected chi connectivity index (χ4v) is 2.74. The second-order valence-electron chi connectivity index (χ2n) is 6.05. The van der Waals surface area contributed by atoms with Gasteiger partial charge in [0.1, 0.15) is 12.0 Å². The number of rotatable bonds is 3. The van der Waals surface area contributed by atoms with E-state index < -0.39 is 4.92 Å². The average Bonchev–Trinajstić information content (AvgIpc) is 2.33. The van der Waals surface area contributed by atoms with Crippen LogP contribution in [0.5, 0.6) is 0 Å². The Morgan fingerprint density at radius 3 is 2.79 bits per heavy atom. The summed E-state index contributed by atoms with van der Waals surface area (Å²) in [5.74, 6) is 0.769. The fraction of sp³-hybridized carbons (Fsp3) is 0.643. The number of hydrogen-bond acceptors (Lipinski definition) is 4. The Labute approximate surface area is 113 Å². The van der Waals surface area contributed by atoms with Crippen molar-refractivity contribution in [2.24, 2.45) is 5.41 Å². The molecule has 0 aromatic carbocycles. The van der Waals surface area contributed by atoms with Crippen molar-refractivity contribution in [2.75, 3.05) is 5.32 Å². The summed E-state index contributed by atoms with van der Waals surface area (Å²) in [5, 5.41) is 14.2. The Balaban J connectivity index is 2.17. The lowest BCUT2D eigenvalue weighted by Crippen LogP contribution is -2.39. The largest absolute Gasteiger partial charge is 0.367 e. The third kappa shape index (κ3) is 3.03. The number of pyridine rings is 1. The van der Waals surface area contributed by atoms with E-state index in [-0.39, 0.29) is 11.1 Å². The molecule has 19 heavy (non-hydrogen) atoms. The predicted molar refractivity (Wildman–Crippen MR) is 75.3 cm³/mol. The molecule has 0 saturated heterocycles. The van der Waals surface area contributed by atoms with Crippen molar-refractivity contribution in [3.63, 3.8) is 0 Å². The van der Waals surface area contributed by atoms with Crippen LogP contribution < -0.4 is 5.32 Å². The molecule has 1 aromatic rings. The maximum absolute atomic E-state index is 10.7. The van der Waals surface area contributed by atoms with Crippen molar-refractivity contribution >= 4 is 11.5 Å². The van der Waals surface area contributed by atoms with E-state index in [4.69, 9.17) is 0 Å². The predicted octanol–water partition coefficient (Wildman–Crippen LogP) is 3.68. The molecule has 1 atom stereocenters. The molecule has 5 nitrogen and oxygen atoms in total. The Kier molecular flexibility index (Phi) is 3.73. The lowest BCUT2D eigenvalue weighted by molar-refractivity contribution is -0.385. The number of aryl methyl sites for hydroxylation is 1. The van der Waals surface area contributed by atoms with Crippen LogP contribution in [0.25, 0.3) is 0 Å². The first-order chi connectivity index (χ1) is 8.90. The number of hydrogen-bond donors (Lipinski definition) is 1. The highest BCUT2D eigenvalue weighted by atomic mass is 16.6. The minimum atomic E-state index is -0.408. The summed E-state index contributed by atoms with van der Waals surface area (Å²) < 4.78 is 0. The molecule has 1 unspecified atom stereocenters. The normalized spacial score (nSPS) is 21.9. The highest BCUT2D eigenvalue weighted by Crippen LogP contribution is 2.37. The van der Waals surface area contributed by atoms with Crippen LogP contribution in [0.3, 0.4) is 0 Å². The second kappa shape index (κ2) is 5.15. The van der Waals surface area contributed by atoms with Gasteiger partial charge in [0.25, 0.3) is 5.69 Å². The summed E-state index contributed by atoms with van der Waals surface area (Å²) in [6.07, 6.45) is 6.16. The number of nitrogens with zero attached hydrogens (tertiary/aromatic N) is 2. The summed E-state index contributed by atoms with van der Waals surface area (Å²) in [5.41, 5.74) is 1.12. The molecule has 1 heterocycles. The summed E-state index contributed by atoms with van der Waals surface area (Å²) >= 11 is 0. The van der Waals surface area contributed by atoms with Crippen LogP contribution in [0.15, 0.2) is 12.3 Å².